The lowest BCUT2D eigenvalue weighted by Crippen LogP contribution is -2.47. The number of hydrogen-bond acceptors (Lipinski definition) is 4. The van der Waals surface area contributed by atoms with Crippen LogP contribution in [0.15, 0.2) is 18.2 Å². The van der Waals surface area contributed by atoms with Crippen LogP contribution in [0.5, 0.6) is 5.75 Å². The summed E-state index contributed by atoms with van der Waals surface area (Å²) < 4.78 is 5.47. The van der Waals surface area contributed by atoms with Crippen molar-refractivity contribution in [1.29, 1.82) is 0 Å². The second-order valence-corrected chi connectivity index (χ2v) is 7.48. The van der Waals surface area contributed by atoms with E-state index in [1.807, 2.05) is 0 Å². The van der Waals surface area contributed by atoms with Gasteiger partial charge in [-0.05, 0) is 43.2 Å². The molecule has 3 rings (SSSR count). The van der Waals surface area contributed by atoms with Gasteiger partial charge in [0.1, 0.15) is 23.5 Å². The predicted octanol–water partition coefficient (Wildman–Crippen LogP) is 2.22. The third-order valence-corrected chi connectivity index (χ3v) is 5.94. The van der Waals surface area contributed by atoms with Crippen LogP contribution >= 0.6 is 23.2 Å². The molecule has 1 amide bonds. The highest BCUT2D eigenvalue weighted by molar-refractivity contribution is 6.42. The molecule has 2 aliphatic rings. The van der Waals surface area contributed by atoms with E-state index in [1.165, 1.54) is 0 Å². The molecular weight excluding hydrogens is 351 g/mol. The van der Waals surface area contributed by atoms with E-state index in [1.54, 1.807) is 18.2 Å². The van der Waals surface area contributed by atoms with Gasteiger partial charge in [0.2, 0.25) is 5.91 Å². The second kappa shape index (κ2) is 7.48. The van der Waals surface area contributed by atoms with Gasteiger partial charge < -0.3 is 20.9 Å². The minimum absolute atomic E-state index is 0.0170. The summed E-state index contributed by atoms with van der Waals surface area (Å²) in [4.78, 5) is 12.3. The zero-order valence-electron chi connectivity index (χ0n) is 13.3. The van der Waals surface area contributed by atoms with Crippen LogP contribution in [0, 0.1) is 17.8 Å². The van der Waals surface area contributed by atoms with Gasteiger partial charge in [-0.15, -0.1) is 0 Å². The summed E-state index contributed by atoms with van der Waals surface area (Å²) in [5.74, 6) is 1.09. The summed E-state index contributed by atoms with van der Waals surface area (Å²) in [5, 5.41) is 13.5. The van der Waals surface area contributed by atoms with Crippen molar-refractivity contribution in [3.05, 3.63) is 28.2 Å². The van der Waals surface area contributed by atoms with Gasteiger partial charge in [0, 0.05) is 12.6 Å². The fourth-order valence-electron chi connectivity index (χ4n) is 3.90. The number of aliphatic hydroxyl groups is 1. The molecule has 1 aromatic rings. The van der Waals surface area contributed by atoms with Crippen molar-refractivity contribution in [2.75, 3.05) is 13.2 Å². The van der Waals surface area contributed by atoms with Crippen LogP contribution in [0.25, 0.3) is 0 Å². The predicted molar refractivity (Wildman–Crippen MR) is 93.3 cm³/mol. The average molecular weight is 373 g/mol. The van der Waals surface area contributed by atoms with Crippen molar-refractivity contribution in [1.82, 2.24) is 5.32 Å². The summed E-state index contributed by atoms with van der Waals surface area (Å²) in [7, 11) is 0. The van der Waals surface area contributed by atoms with Gasteiger partial charge in [-0.3, -0.25) is 4.79 Å². The van der Waals surface area contributed by atoms with Crippen LogP contribution in [0.1, 0.15) is 19.3 Å². The Morgan fingerprint density at radius 3 is 2.83 bits per heavy atom. The number of hydrogen-bond donors (Lipinski definition) is 3. The Morgan fingerprint density at radius 2 is 2.12 bits per heavy atom. The number of nitrogens with two attached hydrogens (primary N) is 1. The summed E-state index contributed by atoms with van der Waals surface area (Å²) in [6.45, 7) is 0.140. The Morgan fingerprint density at radius 1 is 1.38 bits per heavy atom. The van der Waals surface area contributed by atoms with Crippen molar-refractivity contribution in [3.63, 3.8) is 0 Å². The quantitative estimate of drug-likeness (QED) is 0.714. The van der Waals surface area contributed by atoms with E-state index >= 15 is 0 Å². The monoisotopic (exact) mass is 372 g/mol. The van der Waals surface area contributed by atoms with Crippen LogP contribution in [-0.4, -0.2) is 36.3 Å². The number of carbonyl (C=O) groups is 1. The molecule has 24 heavy (non-hydrogen) atoms. The molecule has 7 heteroatoms. The average Bonchev–Trinajstić information content (AvgIpc) is 3.15. The van der Waals surface area contributed by atoms with Gasteiger partial charge >= 0.3 is 0 Å². The maximum Gasteiger partial charge on any atom is 0.225 e. The molecule has 132 valence electrons. The number of carbonyl (C=O) groups excluding carboxylic acids is 1. The van der Waals surface area contributed by atoms with E-state index in [4.69, 9.17) is 33.7 Å². The smallest absolute Gasteiger partial charge is 0.225 e. The third kappa shape index (κ3) is 3.64. The first kappa shape index (κ1) is 17.8. The first-order valence-electron chi connectivity index (χ1n) is 8.25. The van der Waals surface area contributed by atoms with Crippen molar-refractivity contribution in [2.24, 2.45) is 23.5 Å². The number of fused-ring (bicyclic) bond motifs is 2. The number of amides is 1. The highest BCUT2D eigenvalue weighted by Crippen LogP contribution is 2.47. The van der Waals surface area contributed by atoms with Crippen molar-refractivity contribution in [2.45, 2.75) is 31.4 Å². The molecule has 0 heterocycles. The summed E-state index contributed by atoms with van der Waals surface area (Å²) >= 11 is 11.9. The lowest BCUT2D eigenvalue weighted by molar-refractivity contribution is -0.127. The van der Waals surface area contributed by atoms with E-state index in [0.717, 1.165) is 19.3 Å². The molecule has 1 aromatic carbocycles. The highest BCUT2D eigenvalue weighted by Gasteiger charge is 2.48. The molecule has 0 aliphatic heterocycles. The van der Waals surface area contributed by atoms with Crippen molar-refractivity contribution in [3.8, 4) is 5.75 Å². The van der Waals surface area contributed by atoms with Gasteiger partial charge in [-0.25, -0.2) is 0 Å². The molecule has 0 spiro atoms. The molecule has 0 aromatic heterocycles. The lowest BCUT2D eigenvalue weighted by atomic mass is 9.84. The standard InChI is InChI=1S/C17H22Cl2N2O3/c18-12-2-1-3-13(15(12)19)24-8-11(22)7-21-17(23)14-9-4-5-10(6-9)16(14)20/h1-3,9-11,14,16,22H,4-8,20H2,(H,21,23). The second-order valence-electron chi connectivity index (χ2n) is 6.70. The minimum Gasteiger partial charge on any atom is -0.489 e. The fraction of sp³-hybridized carbons (Fsp3) is 0.588. The Labute approximate surface area is 151 Å². The van der Waals surface area contributed by atoms with E-state index in [9.17, 15) is 9.90 Å². The van der Waals surface area contributed by atoms with Gasteiger partial charge in [0.25, 0.3) is 0 Å². The van der Waals surface area contributed by atoms with Gasteiger partial charge in [-0.2, -0.15) is 0 Å². The van der Waals surface area contributed by atoms with E-state index in [2.05, 4.69) is 5.32 Å². The zero-order chi connectivity index (χ0) is 17.3. The number of aliphatic hydroxyl groups excluding tert-OH is 1. The maximum atomic E-state index is 12.3. The van der Waals surface area contributed by atoms with Crippen LogP contribution in [0.3, 0.4) is 0 Å². The number of nitrogens with one attached hydrogen (secondary N) is 1. The highest BCUT2D eigenvalue weighted by atomic mass is 35.5. The molecule has 0 radical (unpaired) electrons. The molecule has 2 bridgehead atoms. The molecule has 2 aliphatic carbocycles. The van der Waals surface area contributed by atoms with E-state index in [0.29, 0.717) is 27.6 Å². The Balaban J connectivity index is 1.45. The molecular formula is C17H22Cl2N2O3. The van der Waals surface area contributed by atoms with Crippen LogP contribution in [0.4, 0.5) is 0 Å². The molecule has 5 atom stereocenters. The van der Waals surface area contributed by atoms with Crippen LogP contribution in [0.2, 0.25) is 10.0 Å². The third-order valence-electron chi connectivity index (χ3n) is 5.14. The molecule has 2 fully saturated rings. The van der Waals surface area contributed by atoms with Crippen molar-refractivity contribution >= 4 is 29.1 Å². The molecule has 0 saturated heterocycles. The first-order chi connectivity index (χ1) is 11.5. The normalized spacial score (nSPS) is 29.5. The Hall–Kier alpha value is -1.01. The lowest BCUT2D eigenvalue weighted by Gasteiger charge is -2.27. The van der Waals surface area contributed by atoms with Gasteiger partial charge in [0.15, 0.2) is 0 Å². The van der Waals surface area contributed by atoms with Crippen molar-refractivity contribution < 1.29 is 14.6 Å². The zero-order valence-corrected chi connectivity index (χ0v) is 14.8. The number of benzene rings is 1. The van der Waals surface area contributed by atoms with Gasteiger partial charge in [-0.1, -0.05) is 29.3 Å². The maximum absolute atomic E-state index is 12.3. The number of ether oxygens (including phenoxy) is 1. The summed E-state index contributed by atoms with van der Waals surface area (Å²) in [6, 6.07) is 5.00. The van der Waals surface area contributed by atoms with Gasteiger partial charge in [0.05, 0.1) is 10.9 Å². The van der Waals surface area contributed by atoms with E-state index < -0.39 is 6.10 Å². The first-order valence-corrected chi connectivity index (χ1v) is 9.01. The van der Waals surface area contributed by atoms with Crippen LogP contribution < -0.4 is 15.8 Å². The molecule has 5 nitrogen and oxygen atoms in total. The summed E-state index contributed by atoms with van der Waals surface area (Å²) in [5.41, 5.74) is 6.16. The Kier molecular flexibility index (Phi) is 5.55. The SMILES string of the molecule is NC1C2CCC(C2)C1C(=O)NCC(O)COc1cccc(Cl)c1Cl. The molecule has 2 saturated carbocycles. The summed E-state index contributed by atoms with van der Waals surface area (Å²) in [6.07, 6.45) is 2.43. The molecule has 5 unspecified atom stereocenters. The largest absolute Gasteiger partial charge is 0.489 e. The number of rotatable bonds is 6. The topological polar surface area (TPSA) is 84.6 Å². The number of halogens is 2. The van der Waals surface area contributed by atoms with E-state index in [-0.39, 0.29) is 31.0 Å². The fourth-order valence-corrected chi connectivity index (χ4v) is 4.25. The Bertz CT molecular complexity index is 611. The van der Waals surface area contributed by atoms with Crippen LogP contribution in [-0.2, 0) is 4.79 Å². The molecule has 4 N–H and O–H groups in total. The minimum atomic E-state index is -0.834.